The molecule has 0 saturated carbocycles. The fraction of sp³-hybridized carbons (Fsp3) is 0.312. The summed E-state index contributed by atoms with van der Waals surface area (Å²) in [5.74, 6) is -0.0153. The maximum atomic E-state index is 12.8. The molecular formula is C16H16N4OS2. The third-order valence-electron chi connectivity index (χ3n) is 4.05. The zero-order valence-corrected chi connectivity index (χ0v) is 14.3. The number of thiophene rings is 1. The van der Waals surface area contributed by atoms with Crippen LogP contribution in [0.4, 0.5) is 0 Å². The maximum Gasteiger partial charge on any atom is 0.274 e. The molecule has 1 atom stereocenters. The van der Waals surface area contributed by atoms with E-state index >= 15 is 0 Å². The Labute approximate surface area is 142 Å². The molecule has 0 spiro atoms. The smallest absolute Gasteiger partial charge is 0.274 e. The molecule has 5 nitrogen and oxygen atoms in total. The number of rotatable bonds is 3. The van der Waals surface area contributed by atoms with Gasteiger partial charge in [0.1, 0.15) is 5.01 Å². The summed E-state index contributed by atoms with van der Waals surface area (Å²) in [6.07, 6.45) is 3.78. The SMILES string of the molecule is Cc1ccc(-c2cc(C(=O)N3CCCC3c3nccs3)n[nH]2)s1. The van der Waals surface area contributed by atoms with Crippen LogP contribution in [-0.4, -0.2) is 32.5 Å². The minimum Gasteiger partial charge on any atom is -0.328 e. The quantitative estimate of drug-likeness (QED) is 0.784. The molecule has 0 aliphatic carbocycles. The molecule has 1 aliphatic heterocycles. The van der Waals surface area contributed by atoms with Crippen molar-refractivity contribution in [1.29, 1.82) is 0 Å². The van der Waals surface area contributed by atoms with Gasteiger partial charge in [-0.2, -0.15) is 5.10 Å². The molecule has 118 valence electrons. The van der Waals surface area contributed by atoms with Crippen molar-refractivity contribution < 1.29 is 4.79 Å². The number of aryl methyl sites for hydroxylation is 1. The summed E-state index contributed by atoms with van der Waals surface area (Å²) < 4.78 is 0. The van der Waals surface area contributed by atoms with Crippen LogP contribution in [0.15, 0.2) is 29.8 Å². The molecule has 1 fully saturated rings. The number of hydrogen-bond acceptors (Lipinski definition) is 5. The second kappa shape index (κ2) is 5.90. The molecule has 1 amide bonds. The Bertz CT molecular complexity index is 821. The van der Waals surface area contributed by atoms with E-state index in [1.165, 1.54) is 4.88 Å². The summed E-state index contributed by atoms with van der Waals surface area (Å²) in [4.78, 5) is 21.5. The van der Waals surface area contributed by atoms with Gasteiger partial charge in [0.15, 0.2) is 5.69 Å². The van der Waals surface area contributed by atoms with Crippen molar-refractivity contribution in [2.75, 3.05) is 6.54 Å². The van der Waals surface area contributed by atoms with Crippen LogP contribution in [-0.2, 0) is 0 Å². The molecule has 4 heterocycles. The first-order valence-corrected chi connectivity index (χ1v) is 9.24. The predicted octanol–water partition coefficient (Wildman–Crippen LogP) is 3.88. The number of thiazole rings is 1. The van der Waals surface area contributed by atoms with E-state index in [2.05, 4.69) is 34.2 Å². The third-order valence-corrected chi connectivity index (χ3v) is 5.96. The first-order valence-electron chi connectivity index (χ1n) is 7.55. The fourth-order valence-electron chi connectivity index (χ4n) is 2.95. The van der Waals surface area contributed by atoms with E-state index in [0.717, 1.165) is 35.0 Å². The third kappa shape index (κ3) is 2.70. The van der Waals surface area contributed by atoms with Crippen molar-refractivity contribution in [1.82, 2.24) is 20.1 Å². The minimum absolute atomic E-state index is 0.0153. The summed E-state index contributed by atoms with van der Waals surface area (Å²) in [6, 6.07) is 6.06. The molecule has 7 heteroatoms. The van der Waals surface area contributed by atoms with Crippen LogP contribution < -0.4 is 0 Å². The molecule has 3 aromatic heterocycles. The van der Waals surface area contributed by atoms with Gasteiger partial charge in [0, 0.05) is 23.0 Å². The Hall–Kier alpha value is -1.99. The Kier molecular flexibility index (Phi) is 3.74. The van der Waals surface area contributed by atoms with Crippen molar-refractivity contribution in [3.05, 3.63) is 45.4 Å². The number of hydrogen-bond donors (Lipinski definition) is 1. The number of carbonyl (C=O) groups is 1. The van der Waals surface area contributed by atoms with Crippen molar-refractivity contribution in [3.8, 4) is 10.6 Å². The van der Waals surface area contributed by atoms with E-state index in [0.29, 0.717) is 5.69 Å². The van der Waals surface area contributed by atoms with Gasteiger partial charge in [0.05, 0.1) is 16.6 Å². The lowest BCUT2D eigenvalue weighted by atomic mass is 10.2. The molecule has 1 N–H and O–H groups in total. The summed E-state index contributed by atoms with van der Waals surface area (Å²) >= 11 is 3.30. The summed E-state index contributed by atoms with van der Waals surface area (Å²) in [5.41, 5.74) is 1.38. The van der Waals surface area contributed by atoms with Gasteiger partial charge < -0.3 is 4.90 Å². The normalized spacial score (nSPS) is 17.8. The molecule has 1 unspecified atom stereocenters. The van der Waals surface area contributed by atoms with Crippen LogP contribution in [0.2, 0.25) is 0 Å². The molecule has 1 saturated heterocycles. The predicted molar refractivity (Wildman–Crippen MR) is 91.8 cm³/mol. The number of aromatic nitrogens is 3. The number of nitrogens with one attached hydrogen (secondary N) is 1. The van der Waals surface area contributed by atoms with Gasteiger partial charge in [-0.25, -0.2) is 4.98 Å². The molecule has 23 heavy (non-hydrogen) atoms. The summed E-state index contributed by atoms with van der Waals surface area (Å²) in [5, 5.41) is 10.2. The van der Waals surface area contributed by atoms with Gasteiger partial charge in [0.2, 0.25) is 0 Å². The first-order chi connectivity index (χ1) is 11.2. The van der Waals surface area contributed by atoms with Gasteiger partial charge in [0.25, 0.3) is 5.91 Å². The zero-order valence-electron chi connectivity index (χ0n) is 12.7. The number of carbonyl (C=O) groups excluding carboxylic acids is 1. The van der Waals surface area contributed by atoms with Crippen LogP contribution >= 0.6 is 22.7 Å². The van der Waals surface area contributed by atoms with Gasteiger partial charge in [-0.1, -0.05) is 0 Å². The number of nitrogens with zero attached hydrogens (tertiary/aromatic N) is 3. The summed E-state index contributed by atoms with van der Waals surface area (Å²) in [7, 11) is 0. The molecule has 4 rings (SSSR count). The largest absolute Gasteiger partial charge is 0.328 e. The Balaban J connectivity index is 1.58. The fourth-order valence-corrected chi connectivity index (χ4v) is 4.57. The Morgan fingerprint density at radius 1 is 1.43 bits per heavy atom. The highest BCUT2D eigenvalue weighted by atomic mass is 32.1. The monoisotopic (exact) mass is 344 g/mol. The lowest BCUT2D eigenvalue weighted by molar-refractivity contribution is 0.0729. The minimum atomic E-state index is -0.0153. The standard InChI is InChI=1S/C16H16N4OS2/c1-10-4-5-14(23-10)11-9-12(19-18-11)16(21)20-7-2-3-13(20)15-17-6-8-22-15/h4-6,8-9,13H,2-3,7H2,1H3,(H,18,19). The molecule has 3 aromatic rings. The zero-order chi connectivity index (χ0) is 15.8. The molecular weight excluding hydrogens is 328 g/mol. The Morgan fingerprint density at radius 2 is 2.35 bits per heavy atom. The van der Waals surface area contributed by atoms with Crippen LogP contribution in [0, 0.1) is 6.92 Å². The van der Waals surface area contributed by atoms with Crippen molar-refractivity contribution in [2.45, 2.75) is 25.8 Å². The molecule has 0 radical (unpaired) electrons. The van der Waals surface area contributed by atoms with E-state index in [4.69, 9.17) is 0 Å². The number of amides is 1. The number of aromatic amines is 1. The van der Waals surface area contributed by atoms with Gasteiger partial charge >= 0.3 is 0 Å². The molecule has 0 aromatic carbocycles. The second-order valence-corrected chi connectivity index (χ2v) is 7.82. The summed E-state index contributed by atoms with van der Waals surface area (Å²) in [6.45, 7) is 2.84. The molecule has 0 bridgehead atoms. The van der Waals surface area contributed by atoms with Crippen molar-refractivity contribution >= 4 is 28.6 Å². The topological polar surface area (TPSA) is 61.9 Å². The van der Waals surface area contributed by atoms with E-state index in [1.54, 1.807) is 28.9 Å². The van der Waals surface area contributed by atoms with Gasteiger partial charge in [-0.15, -0.1) is 22.7 Å². The lowest BCUT2D eigenvalue weighted by Gasteiger charge is -2.21. The average Bonchev–Trinajstić information content (AvgIpc) is 3.31. The second-order valence-electron chi connectivity index (χ2n) is 5.60. The van der Waals surface area contributed by atoms with Crippen molar-refractivity contribution in [2.24, 2.45) is 0 Å². The Morgan fingerprint density at radius 3 is 3.09 bits per heavy atom. The highest BCUT2D eigenvalue weighted by molar-refractivity contribution is 7.15. The van der Waals surface area contributed by atoms with Crippen LogP contribution in [0.25, 0.3) is 10.6 Å². The first kappa shape index (κ1) is 14.6. The van der Waals surface area contributed by atoms with Crippen LogP contribution in [0.1, 0.15) is 39.3 Å². The average molecular weight is 344 g/mol. The van der Waals surface area contributed by atoms with E-state index in [9.17, 15) is 4.79 Å². The number of likely N-dealkylation sites (tertiary alicyclic amines) is 1. The van der Waals surface area contributed by atoms with Crippen LogP contribution in [0.3, 0.4) is 0 Å². The van der Waals surface area contributed by atoms with Gasteiger partial charge in [-0.3, -0.25) is 9.89 Å². The highest BCUT2D eigenvalue weighted by Gasteiger charge is 2.33. The molecule has 1 aliphatic rings. The van der Waals surface area contributed by atoms with E-state index in [1.807, 2.05) is 16.3 Å². The lowest BCUT2D eigenvalue weighted by Crippen LogP contribution is -2.30. The van der Waals surface area contributed by atoms with Crippen molar-refractivity contribution in [3.63, 3.8) is 0 Å². The number of H-pyrrole nitrogens is 1. The highest BCUT2D eigenvalue weighted by Crippen LogP contribution is 2.34. The van der Waals surface area contributed by atoms with E-state index in [-0.39, 0.29) is 11.9 Å². The van der Waals surface area contributed by atoms with Crippen LogP contribution in [0.5, 0.6) is 0 Å². The van der Waals surface area contributed by atoms with Gasteiger partial charge in [-0.05, 0) is 38.0 Å². The maximum absolute atomic E-state index is 12.8. The van der Waals surface area contributed by atoms with E-state index < -0.39 is 0 Å².